The number of pyridine rings is 2. The number of nitrogens with two attached hydrogens (primary N) is 1. The van der Waals surface area contributed by atoms with Crippen molar-refractivity contribution in [3.8, 4) is 17.2 Å². The number of nitrogens with one attached hydrogen (secondary N) is 1. The van der Waals surface area contributed by atoms with Crippen molar-refractivity contribution >= 4 is 17.2 Å². The van der Waals surface area contributed by atoms with Crippen molar-refractivity contribution in [3.05, 3.63) is 66.6 Å². The van der Waals surface area contributed by atoms with Crippen molar-refractivity contribution in [3.63, 3.8) is 0 Å². The fraction of sp³-hybridized carbons (Fsp3) is 0. The number of hydrogen-bond acceptors (Lipinski definition) is 5. The topological polar surface area (TPSA) is 87.6 Å². The first-order valence-corrected chi connectivity index (χ1v) is 6.70. The highest BCUT2D eigenvalue weighted by Gasteiger charge is 2.07. The van der Waals surface area contributed by atoms with Crippen molar-refractivity contribution in [2.75, 3.05) is 11.1 Å². The van der Waals surface area contributed by atoms with Gasteiger partial charge in [0.15, 0.2) is 0 Å². The maximum atomic E-state index is 9.09. The van der Waals surface area contributed by atoms with E-state index in [9.17, 15) is 0 Å². The third-order valence-corrected chi connectivity index (χ3v) is 3.23. The summed E-state index contributed by atoms with van der Waals surface area (Å²) in [6.45, 7) is 0. The predicted octanol–water partition coefficient (Wildman–Crippen LogP) is 3.34. The van der Waals surface area contributed by atoms with Gasteiger partial charge in [0.25, 0.3) is 0 Å². The van der Waals surface area contributed by atoms with Crippen LogP contribution in [0.3, 0.4) is 0 Å². The van der Waals surface area contributed by atoms with E-state index >= 15 is 0 Å². The lowest BCUT2D eigenvalue weighted by Gasteiger charge is -2.11. The highest BCUT2D eigenvalue weighted by molar-refractivity contribution is 5.79. The Balaban J connectivity index is 1.92. The van der Waals surface area contributed by atoms with Crippen LogP contribution < -0.4 is 11.1 Å². The van der Waals surface area contributed by atoms with E-state index in [1.54, 1.807) is 30.7 Å². The molecule has 3 aromatic rings. The van der Waals surface area contributed by atoms with Gasteiger partial charge in [-0.25, -0.2) is 4.98 Å². The molecule has 0 aliphatic rings. The summed E-state index contributed by atoms with van der Waals surface area (Å²) in [5.41, 5.74) is 9.85. The average molecular weight is 287 g/mol. The summed E-state index contributed by atoms with van der Waals surface area (Å²) in [7, 11) is 0. The summed E-state index contributed by atoms with van der Waals surface area (Å²) < 4.78 is 0. The number of rotatable bonds is 3. The number of hydrogen-bond donors (Lipinski definition) is 2. The van der Waals surface area contributed by atoms with Crippen LogP contribution >= 0.6 is 0 Å². The van der Waals surface area contributed by atoms with Crippen LogP contribution in [0.25, 0.3) is 11.1 Å². The SMILES string of the molecule is N#Cc1cccnc1Nc1ccc(-c2cccnc2)cc1N. The second-order valence-electron chi connectivity index (χ2n) is 4.68. The van der Waals surface area contributed by atoms with Gasteiger partial charge in [-0.05, 0) is 35.9 Å². The van der Waals surface area contributed by atoms with Crippen LogP contribution in [-0.4, -0.2) is 9.97 Å². The fourth-order valence-electron chi connectivity index (χ4n) is 2.11. The van der Waals surface area contributed by atoms with Gasteiger partial charge in [0.05, 0.1) is 16.9 Å². The van der Waals surface area contributed by atoms with Crippen molar-refractivity contribution in [2.24, 2.45) is 0 Å². The monoisotopic (exact) mass is 287 g/mol. The van der Waals surface area contributed by atoms with Gasteiger partial charge >= 0.3 is 0 Å². The quantitative estimate of drug-likeness (QED) is 0.721. The van der Waals surface area contributed by atoms with Gasteiger partial charge < -0.3 is 11.1 Å². The van der Waals surface area contributed by atoms with Gasteiger partial charge in [0.2, 0.25) is 0 Å². The number of benzene rings is 1. The molecule has 2 heterocycles. The predicted molar refractivity (Wildman–Crippen MR) is 86.3 cm³/mol. The molecule has 106 valence electrons. The molecule has 0 bridgehead atoms. The molecule has 5 heteroatoms. The first-order valence-electron chi connectivity index (χ1n) is 6.70. The zero-order chi connectivity index (χ0) is 15.4. The molecular weight excluding hydrogens is 274 g/mol. The van der Waals surface area contributed by atoms with Crippen LogP contribution in [0.1, 0.15) is 5.56 Å². The molecule has 0 radical (unpaired) electrons. The lowest BCUT2D eigenvalue weighted by Crippen LogP contribution is -2.00. The summed E-state index contributed by atoms with van der Waals surface area (Å²) in [5, 5.41) is 12.2. The van der Waals surface area contributed by atoms with Crippen LogP contribution in [-0.2, 0) is 0 Å². The molecule has 2 aromatic heterocycles. The molecule has 0 amide bonds. The number of aromatic nitrogens is 2. The normalized spacial score (nSPS) is 9.95. The molecule has 0 atom stereocenters. The maximum absolute atomic E-state index is 9.09. The van der Waals surface area contributed by atoms with Crippen molar-refractivity contribution < 1.29 is 0 Å². The summed E-state index contributed by atoms with van der Waals surface area (Å²) in [5.74, 6) is 0.492. The summed E-state index contributed by atoms with van der Waals surface area (Å²) in [6, 6.07) is 15.1. The van der Waals surface area contributed by atoms with Crippen LogP contribution in [0.15, 0.2) is 61.1 Å². The minimum atomic E-state index is 0.471. The minimum Gasteiger partial charge on any atom is -0.397 e. The van der Waals surface area contributed by atoms with Gasteiger partial charge in [-0.15, -0.1) is 0 Å². The van der Waals surface area contributed by atoms with E-state index in [4.69, 9.17) is 11.0 Å². The summed E-state index contributed by atoms with van der Waals surface area (Å²) in [4.78, 5) is 8.27. The molecule has 0 fully saturated rings. The van der Waals surface area contributed by atoms with E-state index in [0.29, 0.717) is 22.8 Å². The highest BCUT2D eigenvalue weighted by atomic mass is 15.0. The Morgan fingerprint density at radius 3 is 2.64 bits per heavy atom. The van der Waals surface area contributed by atoms with Crippen molar-refractivity contribution in [1.82, 2.24) is 9.97 Å². The van der Waals surface area contributed by atoms with E-state index < -0.39 is 0 Å². The third kappa shape index (κ3) is 2.72. The van der Waals surface area contributed by atoms with Gasteiger partial charge in [-0.2, -0.15) is 5.26 Å². The van der Waals surface area contributed by atoms with Crippen LogP contribution in [0.2, 0.25) is 0 Å². The Hall–Kier alpha value is -3.39. The van der Waals surface area contributed by atoms with E-state index in [2.05, 4.69) is 21.4 Å². The molecule has 5 nitrogen and oxygen atoms in total. The van der Waals surface area contributed by atoms with Gasteiger partial charge in [0.1, 0.15) is 11.9 Å². The maximum Gasteiger partial charge on any atom is 0.148 e. The van der Waals surface area contributed by atoms with Gasteiger partial charge in [-0.3, -0.25) is 4.98 Å². The molecule has 0 saturated heterocycles. The lowest BCUT2D eigenvalue weighted by molar-refractivity contribution is 1.28. The molecule has 3 rings (SSSR count). The molecule has 0 saturated carbocycles. The number of nitrogen functional groups attached to an aromatic ring is 1. The molecule has 0 spiro atoms. The molecular formula is C17H13N5. The first kappa shape index (κ1) is 13.6. The van der Waals surface area contributed by atoms with Crippen LogP contribution in [0.5, 0.6) is 0 Å². The Kier molecular flexibility index (Phi) is 3.67. The first-order chi connectivity index (χ1) is 10.8. The molecule has 3 N–H and O–H groups in total. The van der Waals surface area contributed by atoms with E-state index in [1.807, 2.05) is 30.3 Å². The zero-order valence-corrected chi connectivity index (χ0v) is 11.7. The molecule has 0 aliphatic heterocycles. The Morgan fingerprint density at radius 1 is 1.05 bits per heavy atom. The van der Waals surface area contributed by atoms with Crippen molar-refractivity contribution in [1.29, 1.82) is 5.26 Å². The van der Waals surface area contributed by atoms with E-state index in [1.165, 1.54) is 0 Å². The molecule has 0 aliphatic carbocycles. The van der Waals surface area contributed by atoms with Crippen LogP contribution in [0.4, 0.5) is 17.2 Å². The molecule has 22 heavy (non-hydrogen) atoms. The fourth-order valence-corrected chi connectivity index (χ4v) is 2.11. The second kappa shape index (κ2) is 5.94. The largest absolute Gasteiger partial charge is 0.397 e. The minimum absolute atomic E-state index is 0.471. The van der Waals surface area contributed by atoms with Gasteiger partial charge in [-0.1, -0.05) is 12.1 Å². The third-order valence-electron chi connectivity index (χ3n) is 3.23. The van der Waals surface area contributed by atoms with E-state index in [0.717, 1.165) is 11.1 Å². The Labute approximate surface area is 128 Å². The number of nitriles is 1. The number of anilines is 3. The van der Waals surface area contributed by atoms with E-state index in [-0.39, 0.29) is 0 Å². The molecule has 1 aromatic carbocycles. The highest BCUT2D eigenvalue weighted by Crippen LogP contribution is 2.28. The Bertz CT molecular complexity index is 837. The molecule has 0 unspecified atom stereocenters. The second-order valence-corrected chi connectivity index (χ2v) is 4.68. The smallest absolute Gasteiger partial charge is 0.148 e. The Morgan fingerprint density at radius 2 is 1.91 bits per heavy atom. The average Bonchev–Trinajstić information content (AvgIpc) is 2.58. The summed E-state index contributed by atoms with van der Waals surface area (Å²) in [6.07, 6.45) is 5.14. The van der Waals surface area contributed by atoms with Gasteiger partial charge in [0, 0.05) is 24.2 Å². The summed E-state index contributed by atoms with van der Waals surface area (Å²) >= 11 is 0. The standard InChI is InChI=1S/C17H13N5/c18-10-13-3-2-8-21-17(13)22-16-6-5-12(9-15(16)19)14-4-1-7-20-11-14/h1-9,11H,19H2,(H,21,22). The van der Waals surface area contributed by atoms with Crippen LogP contribution in [0, 0.1) is 11.3 Å². The number of nitrogens with zero attached hydrogens (tertiary/aromatic N) is 3. The van der Waals surface area contributed by atoms with Crippen molar-refractivity contribution in [2.45, 2.75) is 0 Å². The lowest BCUT2D eigenvalue weighted by atomic mass is 10.1. The zero-order valence-electron chi connectivity index (χ0n) is 11.7.